The Morgan fingerprint density at radius 1 is 1.42 bits per heavy atom. The van der Waals surface area contributed by atoms with Gasteiger partial charge in [-0.25, -0.2) is 9.97 Å². The first kappa shape index (κ1) is 16.4. The summed E-state index contributed by atoms with van der Waals surface area (Å²) in [5.74, 6) is 0.892. The number of H-pyrrole nitrogens is 1. The third-order valence-electron chi connectivity index (χ3n) is 3.92. The van der Waals surface area contributed by atoms with E-state index in [2.05, 4.69) is 31.8 Å². The van der Waals surface area contributed by atoms with Gasteiger partial charge in [-0.2, -0.15) is 0 Å². The predicted octanol–water partition coefficient (Wildman–Crippen LogP) is 1.87. The van der Waals surface area contributed by atoms with Crippen molar-refractivity contribution >= 4 is 27.5 Å². The highest BCUT2D eigenvalue weighted by molar-refractivity contribution is 7.20. The minimum atomic E-state index is -0.208. The number of nitrogens with zero attached hydrogens (tertiary/aromatic N) is 3. The smallest absolute Gasteiger partial charge is 0.261 e. The van der Waals surface area contributed by atoms with Crippen LogP contribution >= 0.6 is 11.3 Å². The van der Waals surface area contributed by atoms with Crippen LogP contribution in [0.5, 0.6) is 0 Å². The molecule has 7 nitrogen and oxygen atoms in total. The van der Waals surface area contributed by atoms with Gasteiger partial charge in [0.2, 0.25) is 0 Å². The molecule has 0 saturated heterocycles. The van der Waals surface area contributed by atoms with Crippen molar-refractivity contribution in [2.75, 3.05) is 6.54 Å². The molecule has 0 bridgehead atoms. The van der Waals surface area contributed by atoms with Crippen molar-refractivity contribution in [3.05, 3.63) is 45.3 Å². The van der Waals surface area contributed by atoms with Crippen molar-refractivity contribution in [3.8, 4) is 0 Å². The van der Waals surface area contributed by atoms with Gasteiger partial charge in [0.1, 0.15) is 10.7 Å². The molecule has 0 radical (unpaired) electrons. The summed E-state index contributed by atoms with van der Waals surface area (Å²) in [6.45, 7) is 5.23. The Kier molecular flexibility index (Phi) is 4.75. The predicted molar refractivity (Wildman–Crippen MR) is 93.5 cm³/mol. The third kappa shape index (κ3) is 3.09. The van der Waals surface area contributed by atoms with Crippen LogP contribution in [-0.4, -0.2) is 32.0 Å². The second-order valence-electron chi connectivity index (χ2n) is 5.47. The van der Waals surface area contributed by atoms with E-state index < -0.39 is 0 Å². The van der Waals surface area contributed by atoms with Crippen molar-refractivity contribution < 1.29 is 4.79 Å². The second kappa shape index (κ2) is 6.96. The molecule has 0 aliphatic rings. The standard InChI is InChI=1S/C16H19N5O2S/c1-3-11-17-6-8-21(11)7-4-5-18-15(23)13-10(2)12-14(22)19-9-20-16(12)24-13/h6,8-9H,3-5,7H2,1-2H3,(H,18,23)(H,19,20,22). The zero-order valence-electron chi connectivity index (χ0n) is 13.6. The Bertz CT molecular complexity index is 924. The summed E-state index contributed by atoms with van der Waals surface area (Å²) in [7, 11) is 0. The van der Waals surface area contributed by atoms with Gasteiger partial charge < -0.3 is 14.9 Å². The molecule has 0 spiro atoms. The average molecular weight is 345 g/mol. The Hall–Kier alpha value is -2.48. The topological polar surface area (TPSA) is 92.7 Å². The van der Waals surface area contributed by atoms with E-state index in [1.165, 1.54) is 17.7 Å². The SMILES string of the molecule is CCc1nccn1CCCNC(=O)c1sc2nc[nH]c(=O)c2c1C. The van der Waals surface area contributed by atoms with Crippen LogP contribution in [0.1, 0.15) is 34.4 Å². The monoisotopic (exact) mass is 345 g/mol. The Morgan fingerprint density at radius 2 is 2.25 bits per heavy atom. The number of nitrogens with one attached hydrogen (secondary N) is 2. The summed E-state index contributed by atoms with van der Waals surface area (Å²) in [6.07, 6.45) is 6.82. The summed E-state index contributed by atoms with van der Waals surface area (Å²) >= 11 is 1.25. The number of aryl methyl sites for hydroxylation is 3. The second-order valence-corrected chi connectivity index (χ2v) is 6.47. The maximum absolute atomic E-state index is 12.4. The maximum Gasteiger partial charge on any atom is 0.261 e. The number of aromatic amines is 1. The fourth-order valence-electron chi connectivity index (χ4n) is 2.68. The van der Waals surface area contributed by atoms with E-state index in [1.54, 1.807) is 13.1 Å². The number of hydrogen-bond acceptors (Lipinski definition) is 5. The van der Waals surface area contributed by atoms with Gasteiger partial charge in [-0.05, 0) is 18.9 Å². The van der Waals surface area contributed by atoms with Crippen LogP contribution in [0.25, 0.3) is 10.2 Å². The van der Waals surface area contributed by atoms with Crippen LogP contribution < -0.4 is 10.9 Å². The molecule has 3 heterocycles. The van der Waals surface area contributed by atoms with E-state index in [9.17, 15) is 9.59 Å². The van der Waals surface area contributed by atoms with Gasteiger partial charge >= 0.3 is 0 Å². The number of aromatic nitrogens is 4. The number of rotatable bonds is 6. The number of carbonyl (C=O) groups excluding carboxylic acids is 1. The number of hydrogen-bond donors (Lipinski definition) is 2. The van der Waals surface area contributed by atoms with E-state index in [0.717, 1.165) is 25.2 Å². The van der Waals surface area contributed by atoms with Crippen molar-refractivity contribution in [1.82, 2.24) is 24.8 Å². The molecule has 1 amide bonds. The zero-order chi connectivity index (χ0) is 17.1. The fourth-order valence-corrected chi connectivity index (χ4v) is 3.75. The molecule has 0 fully saturated rings. The minimum Gasteiger partial charge on any atom is -0.351 e. The highest BCUT2D eigenvalue weighted by atomic mass is 32.1. The van der Waals surface area contributed by atoms with Crippen molar-refractivity contribution in [2.45, 2.75) is 33.2 Å². The third-order valence-corrected chi connectivity index (χ3v) is 5.12. The fraction of sp³-hybridized carbons (Fsp3) is 0.375. The molecule has 3 aromatic rings. The quantitative estimate of drug-likeness (QED) is 0.667. The Balaban J connectivity index is 1.62. The van der Waals surface area contributed by atoms with Gasteiger partial charge in [-0.1, -0.05) is 6.92 Å². The number of thiophene rings is 1. The van der Waals surface area contributed by atoms with Crippen LogP contribution in [0.2, 0.25) is 0 Å². The summed E-state index contributed by atoms with van der Waals surface area (Å²) in [5, 5.41) is 3.42. The lowest BCUT2D eigenvalue weighted by molar-refractivity contribution is 0.0956. The molecule has 0 unspecified atom stereocenters. The number of carbonyl (C=O) groups is 1. The lowest BCUT2D eigenvalue weighted by Gasteiger charge is -2.07. The first-order valence-corrected chi connectivity index (χ1v) is 8.68. The molecule has 0 atom stereocenters. The minimum absolute atomic E-state index is 0.156. The lowest BCUT2D eigenvalue weighted by Crippen LogP contribution is -2.25. The Morgan fingerprint density at radius 3 is 3.00 bits per heavy atom. The lowest BCUT2D eigenvalue weighted by atomic mass is 10.2. The first-order valence-electron chi connectivity index (χ1n) is 7.86. The molecule has 0 saturated carbocycles. The van der Waals surface area contributed by atoms with E-state index in [1.807, 2.05) is 6.20 Å². The summed E-state index contributed by atoms with van der Waals surface area (Å²) in [6, 6.07) is 0. The summed E-state index contributed by atoms with van der Waals surface area (Å²) in [4.78, 5) is 36.3. The molecule has 2 N–H and O–H groups in total. The zero-order valence-corrected chi connectivity index (χ0v) is 14.4. The van der Waals surface area contributed by atoms with Gasteiger partial charge in [0.25, 0.3) is 11.5 Å². The van der Waals surface area contributed by atoms with Crippen molar-refractivity contribution in [1.29, 1.82) is 0 Å². The van der Waals surface area contributed by atoms with Crippen LogP contribution in [0.3, 0.4) is 0 Å². The maximum atomic E-state index is 12.4. The highest BCUT2D eigenvalue weighted by Gasteiger charge is 2.17. The normalized spacial score (nSPS) is 11.1. The van der Waals surface area contributed by atoms with Gasteiger partial charge in [-0.3, -0.25) is 9.59 Å². The van der Waals surface area contributed by atoms with E-state index in [0.29, 0.717) is 27.2 Å². The molecule has 3 aromatic heterocycles. The average Bonchev–Trinajstić information content (AvgIpc) is 3.16. The molecule has 0 aromatic carbocycles. The van der Waals surface area contributed by atoms with E-state index in [-0.39, 0.29) is 11.5 Å². The molecule has 0 aliphatic carbocycles. The first-order chi connectivity index (χ1) is 11.6. The molecular weight excluding hydrogens is 326 g/mol. The van der Waals surface area contributed by atoms with Crippen LogP contribution in [0.15, 0.2) is 23.5 Å². The van der Waals surface area contributed by atoms with E-state index in [4.69, 9.17) is 0 Å². The number of imidazole rings is 1. The molecule has 0 aliphatic heterocycles. The van der Waals surface area contributed by atoms with Gasteiger partial charge in [0.15, 0.2) is 0 Å². The summed E-state index contributed by atoms with van der Waals surface area (Å²) in [5.41, 5.74) is 0.477. The number of amides is 1. The van der Waals surface area contributed by atoms with Gasteiger partial charge in [0.05, 0.1) is 16.6 Å². The number of fused-ring (bicyclic) bond motifs is 1. The van der Waals surface area contributed by atoms with Crippen LogP contribution in [-0.2, 0) is 13.0 Å². The van der Waals surface area contributed by atoms with Crippen LogP contribution in [0, 0.1) is 6.92 Å². The van der Waals surface area contributed by atoms with Gasteiger partial charge in [-0.15, -0.1) is 11.3 Å². The van der Waals surface area contributed by atoms with E-state index >= 15 is 0 Å². The Labute approximate surface area is 142 Å². The van der Waals surface area contributed by atoms with Crippen molar-refractivity contribution in [2.24, 2.45) is 0 Å². The molecule has 8 heteroatoms. The summed E-state index contributed by atoms with van der Waals surface area (Å²) < 4.78 is 2.10. The van der Waals surface area contributed by atoms with Crippen molar-refractivity contribution in [3.63, 3.8) is 0 Å². The highest BCUT2D eigenvalue weighted by Crippen LogP contribution is 2.26. The molecule has 3 rings (SSSR count). The van der Waals surface area contributed by atoms with Crippen LogP contribution in [0.4, 0.5) is 0 Å². The molecule has 24 heavy (non-hydrogen) atoms. The largest absolute Gasteiger partial charge is 0.351 e. The van der Waals surface area contributed by atoms with Gasteiger partial charge in [0, 0.05) is 31.9 Å². The molecule has 126 valence electrons. The molecular formula is C16H19N5O2S.